The van der Waals surface area contributed by atoms with Gasteiger partial charge in [0.1, 0.15) is 6.54 Å². The minimum Gasteiger partial charge on any atom is -0.368 e. The van der Waals surface area contributed by atoms with E-state index in [1.54, 1.807) is 4.90 Å². The lowest BCUT2D eigenvalue weighted by atomic mass is 10.1. The number of benzene rings is 2. The van der Waals surface area contributed by atoms with Crippen molar-refractivity contribution in [1.29, 1.82) is 0 Å². The quantitative estimate of drug-likeness (QED) is 0.627. The molecule has 0 bridgehead atoms. The van der Waals surface area contributed by atoms with Gasteiger partial charge >= 0.3 is 0 Å². The van der Waals surface area contributed by atoms with E-state index in [-0.39, 0.29) is 18.0 Å². The molecule has 1 aliphatic rings. The van der Waals surface area contributed by atoms with Gasteiger partial charge in [0.2, 0.25) is 5.91 Å². The Bertz CT molecular complexity index is 1150. The zero-order chi connectivity index (χ0) is 22.0. The molecule has 0 saturated carbocycles. The molecule has 1 saturated heterocycles. The summed E-state index contributed by atoms with van der Waals surface area (Å²) in [4.78, 5) is 33.7. The van der Waals surface area contributed by atoms with E-state index < -0.39 is 0 Å². The standard InChI is InChI=1S/C24H25ClN4O2/c1-17-3-6-19(7-4-17)21-14-23(30)29(16-26-21)15-24(31)28-11-9-27(10-12-28)22-13-20(25)8-5-18(22)2/h3-8,13-14,16H,9-12,15H2,1-2H3. The van der Waals surface area contributed by atoms with E-state index in [4.69, 9.17) is 11.6 Å². The number of hydrogen-bond donors (Lipinski definition) is 0. The lowest BCUT2D eigenvalue weighted by Gasteiger charge is -2.37. The van der Waals surface area contributed by atoms with Crippen LogP contribution in [0.1, 0.15) is 11.1 Å². The monoisotopic (exact) mass is 436 g/mol. The summed E-state index contributed by atoms with van der Waals surface area (Å²) >= 11 is 6.15. The number of aryl methyl sites for hydroxylation is 2. The van der Waals surface area contributed by atoms with Crippen LogP contribution in [0.5, 0.6) is 0 Å². The first-order valence-corrected chi connectivity index (χ1v) is 10.7. The van der Waals surface area contributed by atoms with Crippen LogP contribution in [-0.4, -0.2) is 46.5 Å². The molecule has 7 heteroatoms. The van der Waals surface area contributed by atoms with E-state index in [0.29, 0.717) is 23.8 Å². The van der Waals surface area contributed by atoms with E-state index in [1.165, 1.54) is 17.0 Å². The first kappa shape index (κ1) is 21.1. The molecule has 0 N–H and O–H groups in total. The molecule has 1 fully saturated rings. The number of halogens is 1. The highest BCUT2D eigenvalue weighted by Crippen LogP contribution is 2.25. The van der Waals surface area contributed by atoms with Crippen LogP contribution in [0.2, 0.25) is 5.02 Å². The maximum absolute atomic E-state index is 12.8. The van der Waals surface area contributed by atoms with Crippen molar-refractivity contribution in [3.8, 4) is 11.3 Å². The molecule has 1 aliphatic heterocycles. The van der Waals surface area contributed by atoms with Crippen LogP contribution >= 0.6 is 11.6 Å². The Morgan fingerprint density at radius 1 is 1.00 bits per heavy atom. The topological polar surface area (TPSA) is 58.4 Å². The first-order chi connectivity index (χ1) is 14.9. The van der Waals surface area contributed by atoms with Crippen LogP contribution in [0, 0.1) is 13.8 Å². The zero-order valence-electron chi connectivity index (χ0n) is 17.7. The van der Waals surface area contributed by atoms with Crippen LogP contribution in [0.25, 0.3) is 11.3 Å². The molecule has 6 nitrogen and oxygen atoms in total. The Labute approximate surface area is 186 Å². The second-order valence-electron chi connectivity index (χ2n) is 7.90. The molecule has 3 aromatic rings. The lowest BCUT2D eigenvalue weighted by Crippen LogP contribution is -2.50. The Kier molecular flexibility index (Phi) is 6.09. The fourth-order valence-electron chi connectivity index (χ4n) is 3.79. The average Bonchev–Trinajstić information content (AvgIpc) is 2.77. The van der Waals surface area contributed by atoms with Crippen molar-refractivity contribution in [3.05, 3.63) is 81.4 Å². The number of piperazine rings is 1. The third-order valence-corrected chi connectivity index (χ3v) is 5.91. The van der Waals surface area contributed by atoms with Gasteiger partial charge in [-0.15, -0.1) is 0 Å². The van der Waals surface area contributed by atoms with Gasteiger partial charge in [0.05, 0.1) is 12.0 Å². The number of carbonyl (C=O) groups is 1. The molecule has 0 radical (unpaired) electrons. The van der Waals surface area contributed by atoms with E-state index in [0.717, 1.165) is 35.5 Å². The Hall–Kier alpha value is -3.12. The number of hydrogen-bond acceptors (Lipinski definition) is 4. The van der Waals surface area contributed by atoms with Crippen LogP contribution in [0.4, 0.5) is 5.69 Å². The molecular weight excluding hydrogens is 412 g/mol. The molecule has 0 atom stereocenters. The van der Waals surface area contributed by atoms with Crippen molar-refractivity contribution >= 4 is 23.2 Å². The van der Waals surface area contributed by atoms with Crippen LogP contribution in [0.3, 0.4) is 0 Å². The number of nitrogens with zero attached hydrogens (tertiary/aromatic N) is 4. The fraction of sp³-hybridized carbons (Fsp3) is 0.292. The molecule has 31 heavy (non-hydrogen) atoms. The summed E-state index contributed by atoms with van der Waals surface area (Å²) in [6.07, 6.45) is 1.46. The van der Waals surface area contributed by atoms with Crippen molar-refractivity contribution in [2.75, 3.05) is 31.1 Å². The molecule has 160 valence electrons. The molecule has 2 heterocycles. The van der Waals surface area contributed by atoms with Crippen molar-refractivity contribution in [1.82, 2.24) is 14.5 Å². The van der Waals surface area contributed by atoms with Gasteiger partial charge in [0.15, 0.2) is 0 Å². The van der Waals surface area contributed by atoms with Crippen molar-refractivity contribution < 1.29 is 4.79 Å². The van der Waals surface area contributed by atoms with Crippen LogP contribution < -0.4 is 10.5 Å². The van der Waals surface area contributed by atoms with E-state index in [2.05, 4.69) is 16.8 Å². The molecule has 4 rings (SSSR count). The zero-order valence-corrected chi connectivity index (χ0v) is 18.5. The van der Waals surface area contributed by atoms with Crippen molar-refractivity contribution in [2.24, 2.45) is 0 Å². The maximum Gasteiger partial charge on any atom is 0.254 e. The number of aromatic nitrogens is 2. The highest BCUT2D eigenvalue weighted by atomic mass is 35.5. The molecule has 0 spiro atoms. The minimum absolute atomic E-state index is 0.00377. The molecule has 1 amide bonds. The second kappa shape index (κ2) is 8.94. The first-order valence-electron chi connectivity index (χ1n) is 10.3. The highest BCUT2D eigenvalue weighted by Gasteiger charge is 2.22. The van der Waals surface area contributed by atoms with E-state index in [1.807, 2.05) is 49.4 Å². The summed E-state index contributed by atoms with van der Waals surface area (Å²) in [7, 11) is 0. The van der Waals surface area contributed by atoms with Gasteiger partial charge in [-0.2, -0.15) is 0 Å². The molecule has 1 aromatic heterocycles. The summed E-state index contributed by atoms with van der Waals surface area (Å²) < 4.78 is 1.37. The van der Waals surface area contributed by atoms with Gasteiger partial charge in [0.25, 0.3) is 5.56 Å². The fourth-order valence-corrected chi connectivity index (χ4v) is 3.96. The van der Waals surface area contributed by atoms with Crippen LogP contribution in [0.15, 0.2) is 59.7 Å². The molecule has 2 aromatic carbocycles. The van der Waals surface area contributed by atoms with Gasteiger partial charge in [-0.1, -0.05) is 47.5 Å². The van der Waals surface area contributed by atoms with Gasteiger partial charge in [0, 0.05) is 48.5 Å². The molecule has 0 aliphatic carbocycles. The third-order valence-electron chi connectivity index (χ3n) is 5.68. The SMILES string of the molecule is Cc1ccc(-c2cc(=O)n(CC(=O)N3CCN(c4cc(Cl)ccc4C)CC3)cn2)cc1. The molecular formula is C24H25ClN4O2. The normalized spacial score (nSPS) is 14.0. The summed E-state index contributed by atoms with van der Waals surface area (Å²) in [6.45, 7) is 6.73. The number of carbonyl (C=O) groups excluding carboxylic acids is 1. The summed E-state index contributed by atoms with van der Waals surface area (Å²) in [5.74, 6) is -0.0746. The predicted octanol–water partition coefficient (Wildman–Crippen LogP) is 3.53. The van der Waals surface area contributed by atoms with Gasteiger partial charge < -0.3 is 9.80 Å². The minimum atomic E-state index is -0.230. The Balaban J connectivity index is 1.39. The van der Waals surface area contributed by atoms with Gasteiger partial charge in [-0.3, -0.25) is 14.2 Å². The smallest absolute Gasteiger partial charge is 0.254 e. The number of rotatable bonds is 4. The van der Waals surface area contributed by atoms with Gasteiger partial charge in [-0.25, -0.2) is 4.98 Å². The Morgan fingerprint density at radius 3 is 2.39 bits per heavy atom. The second-order valence-corrected chi connectivity index (χ2v) is 8.34. The van der Waals surface area contributed by atoms with Gasteiger partial charge in [-0.05, 0) is 31.5 Å². The summed E-state index contributed by atoms with van der Waals surface area (Å²) in [6, 6.07) is 15.2. The highest BCUT2D eigenvalue weighted by molar-refractivity contribution is 6.30. The van der Waals surface area contributed by atoms with Crippen LogP contribution in [-0.2, 0) is 11.3 Å². The van der Waals surface area contributed by atoms with E-state index in [9.17, 15) is 9.59 Å². The van der Waals surface area contributed by atoms with E-state index >= 15 is 0 Å². The summed E-state index contributed by atoms with van der Waals surface area (Å²) in [5.41, 5.74) is 4.68. The number of anilines is 1. The maximum atomic E-state index is 12.8. The largest absolute Gasteiger partial charge is 0.368 e. The average molecular weight is 437 g/mol. The Morgan fingerprint density at radius 2 is 1.71 bits per heavy atom. The van der Waals surface area contributed by atoms with Crippen molar-refractivity contribution in [2.45, 2.75) is 20.4 Å². The number of amides is 1. The summed E-state index contributed by atoms with van der Waals surface area (Å²) in [5, 5.41) is 0.708. The lowest BCUT2D eigenvalue weighted by molar-refractivity contribution is -0.132. The third kappa shape index (κ3) is 4.80. The molecule has 0 unspecified atom stereocenters. The van der Waals surface area contributed by atoms with Crippen molar-refractivity contribution in [3.63, 3.8) is 0 Å². The predicted molar refractivity (Wildman–Crippen MR) is 124 cm³/mol.